The second-order valence-electron chi connectivity index (χ2n) is 8.46. The minimum absolute atomic E-state index is 0.0583. The quantitative estimate of drug-likeness (QED) is 0.555. The summed E-state index contributed by atoms with van der Waals surface area (Å²) in [7, 11) is 3.10. The van der Waals surface area contributed by atoms with Gasteiger partial charge in [0, 0.05) is 25.2 Å². The SMILES string of the molecule is COc1ccc(OC)c([C@@H](O)CNC(=O)NCc2ccc(CN3CCC(C)CC3)cc2)c1. The fourth-order valence-electron chi connectivity index (χ4n) is 3.88. The standard InChI is InChI=1S/C25H35N3O4/c1-18-10-12-28(13-11-18)17-20-6-4-19(5-7-20)15-26-25(30)27-16-23(29)22-14-21(31-2)8-9-24(22)32-3/h4-9,14,18,23,29H,10-13,15-17H2,1-3H3,(H2,26,27,30)/t23-/m0/s1. The van der Waals surface area contributed by atoms with E-state index in [-0.39, 0.29) is 12.6 Å². The average Bonchev–Trinajstić information content (AvgIpc) is 2.83. The van der Waals surface area contributed by atoms with Gasteiger partial charge < -0.3 is 25.2 Å². The first-order chi connectivity index (χ1) is 15.5. The summed E-state index contributed by atoms with van der Waals surface area (Å²) >= 11 is 0. The first kappa shape index (κ1) is 23.9. The lowest BCUT2D eigenvalue weighted by Crippen LogP contribution is -2.37. The highest BCUT2D eigenvalue weighted by molar-refractivity contribution is 5.73. The monoisotopic (exact) mass is 441 g/mol. The molecule has 7 nitrogen and oxygen atoms in total. The lowest BCUT2D eigenvalue weighted by molar-refractivity contribution is 0.169. The van der Waals surface area contributed by atoms with Crippen molar-refractivity contribution in [1.29, 1.82) is 0 Å². The Bertz CT molecular complexity index is 864. The van der Waals surface area contributed by atoms with Gasteiger partial charge in [-0.05, 0) is 61.2 Å². The molecule has 0 unspecified atom stereocenters. The predicted molar refractivity (Wildman–Crippen MR) is 125 cm³/mol. The van der Waals surface area contributed by atoms with Gasteiger partial charge in [0.05, 0.1) is 14.2 Å². The molecular formula is C25H35N3O4. The summed E-state index contributed by atoms with van der Waals surface area (Å²) in [6.45, 7) is 6.11. The summed E-state index contributed by atoms with van der Waals surface area (Å²) in [6, 6.07) is 13.2. The Labute approximate surface area is 190 Å². The molecule has 7 heteroatoms. The summed E-state index contributed by atoms with van der Waals surface area (Å²) in [6.07, 6.45) is 1.63. The van der Waals surface area contributed by atoms with Crippen LogP contribution in [0.1, 0.15) is 42.6 Å². The molecule has 2 aromatic rings. The van der Waals surface area contributed by atoms with Crippen LogP contribution >= 0.6 is 0 Å². The average molecular weight is 442 g/mol. The maximum absolute atomic E-state index is 12.2. The van der Waals surface area contributed by atoms with Gasteiger partial charge in [-0.1, -0.05) is 31.2 Å². The maximum Gasteiger partial charge on any atom is 0.315 e. The molecule has 0 aromatic heterocycles. The Morgan fingerprint density at radius 3 is 2.41 bits per heavy atom. The molecule has 1 heterocycles. The smallest absolute Gasteiger partial charge is 0.315 e. The Morgan fingerprint density at radius 2 is 1.75 bits per heavy atom. The summed E-state index contributed by atoms with van der Waals surface area (Å²) in [4.78, 5) is 14.7. The topological polar surface area (TPSA) is 83.1 Å². The van der Waals surface area contributed by atoms with E-state index >= 15 is 0 Å². The third kappa shape index (κ3) is 6.87. The maximum atomic E-state index is 12.2. The van der Waals surface area contributed by atoms with Crippen molar-refractivity contribution >= 4 is 6.03 Å². The van der Waals surface area contributed by atoms with Crippen LogP contribution in [0.4, 0.5) is 4.79 Å². The number of hydrogen-bond donors (Lipinski definition) is 3. The zero-order chi connectivity index (χ0) is 22.9. The molecule has 1 aliphatic rings. The molecule has 1 fully saturated rings. The van der Waals surface area contributed by atoms with Gasteiger partial charge in [0.2, 0.25) is 0 Å². The number of nitrogens with one attached hydrogen (secondary N) is 2. The number of urea groups is 1. The molecule has 0 bridgehead atoms. The molecule has 1 aliphatic heterocycles. The van der Waals surface area contributed by atoms with Crippen LogP contribution in [0.2, 0.25) is 0 Å². The number of aliphatic hydroxyl groups excluding tert-OH is 1. The Balaban J connectivity index is 1.43. The zero-order valence-electron chi connectivity index (χ0n) is 19.3. The van der Waals surface area contributed by atoms with Crippen LogP contribution in [-0.4, -0.2) is 49.9 Å². The van der Waals surface area contributed by atoms with Gasteiger partial charge in [0.15, 0.2) is 0 Å². The Hall–Kier alpha value is -2.77. The second-order valence-corrected chi connectivity index (χ2v) is 8.46. The van der Waals surface area contributed by atoms with Gasteiger partial charge >= 0.3 is 6.03 Å². The highest BCUT2D eigenvalue weighted by Gasteiger charge is 2.17. The van der Waals surface area contributed by atoms with Crippen molar-refractivity contribution in [3.63, 3.8) is 0 Å². The first-order valence-corrected chi connectivity index (χ1v) is 11.2. The molecular weight excluding hydrogens is 406 g/mol. The fraction of sp³-hybridized carbons (Fsp3) is 0.480. The molecule has 1 saturated heterocycles. The number of piperidine rings is 1. The summed E-state index contributed by atoms with van der Waals surface area (Å²) in [5.74, 6) is 1.99. The highest BCUT2D eigenvalue weighted by atomic mass is 16.5. The summed E-state index contributed by atoms with van der Waals surface area (Å²) in [5.41, 5.74) is 2.89. The molecule has 0 aliphatic carbocycles. The van der Waals surface area contributed by atoms with E-state index in [2.05, 4.69) is 46.7 Å². The minimum atomic E-state index is -0.914. The van der Waals surface area contributed by atoms with Crippen molar-refractivity contribution < 1.29 is 19.4 Å². The number of ether oxygens (including phenoxy) is 2. The number of carbonyl (C=O) groups is 1. The highest BCUT2D eigenvalue weighted by Crippen LogP contribution is 2.29. The van der Waals surface area contributed by atoms with E-state index in [1.165, 1.54) is 25.5 Å². The van der Waals surface area contributed by atoms with Crippen molar-refractivity contribution in [2.75, 3.05) is 33.9 Å². The summed E-state index contributed by atoms with van der Waals surface area (Å²) in [5, 5.41) is 16.0. The molecule has 3 rings (SSSR count). The van der Waals surface area contributed by atoms with Gasteiger partial charge in [-0.15, -0.1) is 0 Å². The third-order valence-corrected chi connectivity index (χ3v) is 6.01. The van der Waals surface area contributed by atoms with Gasteiger partial charge in [-0.3, -0.25) is 4.90 Å². The predicted octanol–water partition coefficient (Wildman–Crippen LogP) is 3.47. The number of rotatable bonds is 9. The molecule has 3 N–H and O–H groups in total. The van der Waals surface area contributed by atoms with E-state index in [4.69, 9.17) is 9.47 Å². The normalized spacial score (nSPS) is 15.8. The lowest BCUT2D eigenvalue weighted by Gasteiger charge is -2.30. The number of carbonyl (C=O) groups excluding carboxylic acids is 1. The zero-order valence-corrected chi connectivity index (χ0v) is 19.3. The van der Waals surface area contributed by atoms with Crippen LogP contribution in [0, 0.1) is 5.92 Å². The van der Waals surface area contributed by atoms with Gasteiger partial charge in [-0.25, -0.2) is 4.79 Å². The Kier molecular flexibility index (Phi) is 8.76. The number of benzene rings is 2. The molecule has 2 aromatic carbocycles. The number of nitrogens with zero attached hydrogens (tertiary/aromatic N) is 1. The van der Waals surface area contributed by atoms with Gasteiger partial charge in [0.1, 0.15) is 17.6 Å². The largest absolute Gasteiger partial charge is 0.497 e. The number of hydrogen-bond acceptors (Lipinski definition) is 5. The molecule has 0 radical (unpaired) electrons. The molecule has 0 saturated carbocycles. The molecule has 32 heavy (non-hydrogen) atoms. The summed E-state index contributed by atoms with van der Waals surface area (Å²) < 4.78 is 10.5. The molecule has 1 atom stereocenters. The van der Waals surface area contributed by atoms with E-state index in [1.54, 1.807) is 25.3 Å². The van der Waals surface area contributed by atoms with Crippen molar-refractivity contribution in [2.45, 2.75) is 39.0 Å². The van der Waals surface area contributed by atoms with Crippen LogP contribution < -0.4 is 20.1 Å². The minimum Gasteiger partial charge on any atom is -0.497 e. The third-order valence-electron chi connectivity index (χ3n) is 6.01. The van der Waals surface area contributed by atoms with Crippen molar-refractivity contribution in [1.82, 2.24) is 15.5 Å². The number of likely N-dealkylation sites (tertiary alicyclic amines) is 1. The van der Waals surface area contributed by atoms with Crippen molar-refractivity contribution in [3.8, 4) is 11.5 Å². The fourth-order valence-corrected chi connectivity index (χ4v) is 3.88. The van der Waals surface area contributed by atoms with E-state index in [0.29, 0.717) is 23.6 Å². The number of methoxy groups -OCH3 is 2. The first-order valence-electron chi connectivity index (χ1n) is 11.2. The van der Waals surface area contributed by atoms with Gasteiger partial charge in [-0.2, -0.15) is 0 Å². The van der Waals surface area contributed by atoms with Crippen LogP contribution in [-0.2, 0) is 13.1 Å². The number of amides is 2. The van der Waals surface area contributed by atoms with Gasteiger partial charge in [0.25, 0.3) is 0 Å². The molecule has 0 spiro atoms. The Morgan fingerprint density at radius 1 is 1.06 bits per heavy atom. The van der Waals surface area contributed by atoms with Crippen molar-refractivity contribution in [2.24, 2.45) is 5.92 Å². The molecule has 174 valence electrons. The van der Waals surface area contributed by atoms with E-state index in [9.17, 15) is 9.90 Å². The second kappa shape index (κ2) is 11.7. The van der Waals surface area contributed by atoms with E-state index < -0.39 is 6.10 Å². The van der Waals surface area contributed by atoms with Crippen molar-refractivity contribution in [3.05, 3.63) is 59.2 Å². The van der Waals surface area contributed by atoms with E-state index in [1.807, 2.05) is 0 Å². The van der Waals surface area contributed by atoms with Crippen LogP contribution in [0.5, 0.6) is 11.5 Å². The molecule has 2 amide bonds. The lowest BCUT2D eigenvalue weighted by atomic mass is 9.99. The van der Waals surface area contributed by atoms with Crippen LogP contribution in [0.15, 0.2) is 42.5 Å². The van der Waals surface area contributed by atoms with E-state index in [0.717, 1.165) is 31.1 Å². The van der Waals surface area contributed by atoms with Crippen LogP contribution in [0.25, 0.3) is 0 Å². The number of aliphatic hydroxyl groups is 1. The van der Waals surface area contributed by atoms with Crippen LogP contribution in [0.3, 0.4) is 0 Å².